The van der Waals surface area contributed by atoms with Crippen LogP contribution in [-0.4, -0.2) is 16.3 Å². The fraction of sp³-hybridized carbons (Fsp3) is 0.167. The minimum absolute atomic E-state index is 0.0971. The topological polar surface area (TPSA) is 48.4 Å². The molecule has 1 heterocycles. The first-order chi connectivity index (χ1) is 10.5. The average molecular weight is 313 g/mol. The monoisotopic (exact) mass is 312 g/mol. The Bertz CT molecular complexity index is 832. The summed E-state index contributed by atoms with van der Waals surface area (Å²) in [5, 5.41) is 11.5. The molecule has 1 aromatic heterocycles. The van der Waals surface area contributed by atoms with Crippen LogP contribution in [0.5, 0.6) is 5.88 Å². The van der Waals surface area contributed by atoms with E-state index in [4.69, 9.17) is 11.6 Å². The smallest absolute Gasteiger partial charge is 0.198 e. The van der Waals surface area contributed by atoms with Crippen LogP contribution in [-0.2, 0) is 0 Å². The number of rotatable bonds is 3. The highest BCUT2D eigenvalue weighted by Crippen LogP contribution is 2.28. The number of halogens is 1. The Balaban J connectivity index is 1.95. The molecule has 112 valence electrons. The Morgan fingerprint density at radius 1 is 1.14 bits per heavy atom. The van der Waals surface area contributed by atoms with Crippen LogP contribution in [0.1, 0.15) is 30.9 Å². The van der Waals surface area contributed by atoms with E-state index in [1.807, 2.05) is 24.3 Å². The van der Waals surface area contributed by atoms with Gasteiger partial charge in [-0.15, -0.1) is 0 Å². The fourth-order valence-electron chi connectivity index (χ4n) is 2.39. The molecule has 0 aliphatic heterocycles. The largest absolute Gasteiger partial charge is 0.494 e. The molecule has 2 N–H and O–H groups in total. The summed E-state index contributed by atoms with van der Waals surface area (Å²) in [7, 11) is 0. The van der Waals surface area contributed by atoms with Crippen molar-refractivity contribution in [2.24, 2.45) is 4.99 Å². The van der Waals surface area contributed by atoms with E-state index in [0.29, 0.717) is 16.5 Å². The number of hydrogen-bond donors (Lipinski definition) is 2. The lowest BCUT2D eigenvalue weighted by molar-refractivity contribution is 0.457. The molecule has 0 unspecified atom stereocenters. The van der Waals surface area contributed by atoms with Gasteiger partial charge in [-0.3, -0.25) is 4.99 Å². The molecule has 3 nitrogen and oxygen atoms in total. The molecule has 0 saturated heterocycles. The average Bonchev–Trinajstić information content (AvgIpc) is 2.80. The number of nitrogens with one attached hydrogen (secondary N) is 1. The summed E-state index contributed by atoms with van der Waals surface area (Å²) in [6.45, 7) is 4.32. The van der Waals surface area contributed by atoms with Gasteiger partial charge in [0.2, 0.25) is 0 Å². The molecule has 3 rings (SSSR count). The first kappa shape index (κ1) is 14.7. The molecule has 2 aromatic carbocycles. The fourth-order valence-corrected chi connectivity index (χ4v) is 2.56. The summed E-state index contributed by atoms with van der Waals surface area (Å²) >= 11 is 6.02. The first-order valence-electron chi connectivity index (χ1n) is 7.19. The van der Waals surface area contributed by atoms with Crippen molar-refractivity contribution in [3.63, 3.8) is 0 Å². The predicted octanol–water partition coefficient (Wildman–Crippen LogP) is 5.40. The highest BCUT2D eigenvalue weighted by molar-refractivity contribution is 6.31. The van der Waals surface area contributed by atoms with Crippen molar-refractivity contribution >= 4 is 34.4 Å². The van der Waals surface area contributed by atoms with Crippen LogP contribution in [0.15, 0.2) is 47.5 Å². The molecule has 0 fully saturated rings. The molecule has 0 aliphatic rings. The van der Waals surface area contributed by atoms with Crippen LogP contribution < -0.4 is 0 Å². The summed E-state index contributed by atoms with van der Waals surface area (Å²) in [4.78, 5) is 7.36. The summed E-state index contributed by atoms with van der Waals surface area (Å²) < 4.78 is 0. The highest BCUT2D eigenvalue weighted by Gasteiger charge is 2.09. The van der Waals surface area contributed by atoms with Crippen molar-refractivity contribution in [1.82, 2.24) is 4.98 Å². The van der Waals surface area contributed by atoms with E-state index in [9.17, 15) is 5.11 Å². The lowest BCUT2D eigenvalue weighted by Crippen LogP contribution is -1.85. The molecule has 0 spiro atoms. The number of H-pyrrole nitrogens is 1. The van der Waals surface area contributed by atoms with Crippen molar-refractivity contribution in [1.29, 1.82) is 0 Å². The molecule has 0 atom stereocenters. The standard InChI is InChI=1S/C18H17ClN2O/c1-11(2)12-3-6-14(7-4-12)20-10-16-15-9-13(19)5-8-17(15)21-18(16)22/h3-11,21-22H,1-2H3. The summed E-state index contributed by atoms with van der Waals surface area (Å²) in [5.74, 6) is 0.595. The number of aliphatic imine (C=N–C) groups is 1. The van der Waals surface area contributed by atoms with Gasteiger partial charge in [0.15, 0.2) is 5.88 Å². The molecule has 0 aliphatic carbocycles. The molecule has 22 heavy (non-hydrogen) atoms. The second-order valence-corrected chi connectivity index (χ2v) is 6.02. The van der Waals surface area contributed by atoms with Crippen molar-refractivity contribution < 1.29 is 5.11 Å². The molecular weight excluding hydrogens is 296 g/mol. The van der Waals surface area contributed by atoms with Gasteiger partial charge in [-0.25, -0.2) is 0 Å². The maximum Gasteiger partial charge on any atom is 0.198 e. The van der Waals surface area contributed by atoms with E-state index >= 15 is 0 Å². The maximum atomic E-state index is 10.0. The molecule has 0 saturated carbocycles. The highest BCUT2D eigenvalue weighted by atomic mass is 35.5. The molecule has 4 heteroatoms. The number of benzene rings is 2. The number of hydrogen-bond acceptors (Lipinski definition) is 2. The number of aromatic nitrogens is 1. The number of aromatic hydroxyl groups is 1. The van der Waals surface area contributed by atoms with E-state index in [1.54, 1.807) is 12.3 Å². The molecule has 0 amide bonds. The van der Waals surface area contributed by atoms with Gasteiger partial charge in [-0.05, 0) is 41.8 Å². The van der Waals surface area contributed by atoms with Gasteiger partial charge in [-0.2, -0.15) is 0 Å². The zero-order chi connectivity index (χ0) is 15.7. The van der Waals surface area contributed by atoms with Crippen LogP contribution in [0, 0.1) is 0 Å². The van der Waals surface area contributed by atoms with Crippen LogP contribution in [0.4, 0.5) is 5.69 Å². The SMILES string of the molecule is CC(C)c1ccc(N=Cc2c(O)[nH]c3ccc(Cl)cc23)cc1. The third-order valence-electron chi connectivity index (χ3n) is 3.68. The molecule has 0 bridgehead atoms. The van der Waals surface area contributed by atoms with E-state index < -0.39 is 0 Å². The van der Waals surface area contributed by atoms with Gasteiger partial charge in [0, 0.05) is 22.1 Å². The van der Waals surface area contributed by atoms with E-state index in [2.05, 4.69) is 36.0 Å². The number of aromatic amines is 1. The van der Waals surface area contributed by atoms with Crippen LogP contribution in [0.25, 0.3) is 10.9 Å². The predicted molar refractivity (Wildman–Crippen MR) is 92.8 cm³/mol. The number of fused-ring (bicyclic) bond motifs is 1. The van der Waals surface area contributed by atoms with E-state index in [1.165, 1.54) is 5.56 Å². The van der Waals surface area contributed by atoms with Crippen LogP contribution in [0.2, 0.25) is 5.02 Å². The van der Waals surface area contributed by atoms with Gasteiger partial charge in [0.25, 0.3) is 0 Å². The Kier molecular flexibility index (Phi) is 3.90. The normalized spacial score (nSPS) is 11.8. The Morgan fingerprint density at radius 3 is 2.55 bits per heavy atom. The third kappa shape index (κ3) is 2.85. The van der Waals surface area contributed by atoms with Crippen molar-refractivity contribution in [2.45, 2.75) is 19.8 Å². The van der Waals surface area contributed by atoms with Gasteiger partial charge < -0.3 is 10.1 Å². The lowest BCUT2D eigenvalue weighted by Gasteiger charge is -2.04. The van der Waals surface area contributed by atoms with Gasteiger partial charge in [0.1, 0.15) is 0 Å². The van der Waals surface area contributed by atoms with Crippen molar-refractivity contribution in [3.05, 3.63) is 58.6 Å². The van der Waals surface area contributed by atoms with Gasteiger partial charge >= 0.3 is 0 Å². The minimum atomic E-state index is 0.0971. The molecule has 3 aromatic rings. The minimum Gasteiger partial charge on any atom is -0.494 e. The third-order valence-corrected chi connectivity index (χ3v) is 3.92. The van der Waals surface area contributed by atoms with Gasteiger partial charge in [-0.1, -0.05) is 37.6 Å². The lowest BCUT2D eigenvalue weighted by atomic mass is 10.0. The molecular formula is C18H17ClN2O. The molecule has 0 radical (unpaired) electrons. The summed E-state index contributed by atoms with van der Waals surface area (Å²) in [6, 6.07) is 13.5. The zero-order valence-corrected chi connectivity index (χ0v) is 13.2. The van der Waals surface area contributed by atoms with Crippen molar-refractivity contribution in [3.8, 4) is 5.88 Å². The number of nitrogens with zero attached hydrogens (tertiary/aromatic N) is 1. The quantitative estimate of drug-likeness (QED) is 0.625. The second-order valence-electron chi connectivity index (χ2n) is 5.58. The second kappa shape index (κ2) is 5.85. The van der Waals surface area contributed by atoms with E-state index in [0.717, 1.165) is 16.6 Å². The van der Waals surface area contributed by atoms with Gasteiger partial charge in [0.05, 0.1) is 11.3 Å². The van der Waals surface area contributed by atoms with Crippen LogP contribution in [0.3, 0.4) is 0 Å². The zero-order valence-electron chi connectivity index (χ0n) is 12.5. The Hall–Kier alpha value is -2.26. The van der Waals surface area contributed by atoms with Crippen molar-refractivity contribution in [2.75, 3.05) is 0 Å². The summed E-state index contributed by atoms with van der Waals surface area (Å²) in [6.07, 6.45) is 1.66. The first-order valence-corrected chi connectivity index (χ1v) is 7.56. The Labute approximate surface area is 134 Å². The van der Waals surface area contributed by atoms with Crippen LogP contribution >= 0.6 is 11.6 Å². The Morgan fingerprint density at radius 2 is 1.86 bits per heavy atom. The van der Waals surface area contributed by atoms with E-state index in [-0.39, 0.29) is 5.88 Å². The summed E-state index contributed by atoms with van der Waals surface area (Å²) in [5.41, 5.74) is 3.60. The maximum absolute atomic E-state index is 10.0.